The van der Waals surface area contributed by atoms with Gasteiger partial charge in [0.15, 0.2) is 0 Å². The number of benzene rings is 4. The van der Waals surface area contributed by atoms with Gasteiger partial charge >= 0.3 is 11.7 Å². The predicted octanol–water partition coefficient (Wildman–Crippen LogP) is 9.31. The van der Waals surface area contributed by atoms with Crippen LogP contribution in [-0.2, 0) is 33.7 Å². The molecule has 0 N–H and O–H groups in total. The van der Waals surface area contributed by atoms with E-state index in [9.17, 15) is 14.9 Å². The fourth-order valence-corrected chi connectivity index (χ4v) is 9.77. The van der Waals surface area contributed by atoms with Crippen LogP contribution in [0.3, 0.4) is 0 Å². The molecule has 15 nitrogen and oxygen atoms in total. The highest BCUT2D eigenvalue weighted by atomic mass is 31.2. The van der Waals surface area contributed by atoms with Crippen molar-refractivity contribution in [3.8, 4) is 29.2 Å². The molecule has 1 saturated heterocycles. The van der Waals surface area contributed by atoms with Crippen molar-refractivity contribution < 1.29 is 47.0 Å². The minimum Gasteiger partial charge on any atom is -0.497 e. The van der Waals surface area contributed by atoms with Gasteiger partial charge < -0.3 is 42.2 Å². The lowest BCUT2D eigenvalue weighted by molar-refractivity contribution is -0.139. The van der Waals surface area contributed by atoms with Gasteiger partial charge in [-0.05, 0) is 101 Å². The van der Waals surface area contributed by atoms with Gasteiger partial charge in [0, 0.05) is 36.9 Å². The lowest BCUT2D eigenvalue weighted by Gasteiger charge is -2.39. The second-order valence-corrected chi connectivity index (χ2v) is 18.1. The summed E-state index contributed by atoms with van der Waals surface area (Å²) in [6.07, 6.45) is 1.25. The number of aryl methyl sites for hydroxylation is 1. The van der Waals surface area contributed by atoms with E-state index in [1.165, 1.54) is 4.57 Å². The van der Waals surface area contributed by atoms with Gasteiger partial charge in [-0.3, -0.25) is 4.57 Å². The Kier molecular flexibility index (Phi) is 19.5. The van der Waals surface area contributed by atoms with E-state index < -0.39 is 44.2 Å². The van der Waals surface area contributed by atoms with Crippen molar-refractivity contribution in [1.82, 2.24) is 14.2 Å². The minimum absolute atomic E-state index is 0.0269. The predicted molar refractivity (Wildman–Crippen MR) is 258 cm³/mol. The number of ether oxygens (including phenoxy) is 7. The molecule has 0 bridgehead atoms. The standard InChI is InChI=1S/C52H63N4O11P/c1-37(2)56(38(3)4)68(64-32-16-29-53)67-46-33-48(55-34-39(5)50(54-51(55)58)62-31-15-14-30-61-36-49(57)65-45-19-12-9-13-20-45)66-47(46)35-63-52(40-17-10-8-11-18-40,41-21-25-43(59-6)26-22-41)42-23-27-44(60-7)28-24-42/h8-13,17-28,34,37-38,46-48H,14-16,30-33,35-36H2,1-7H3/t46-,47+,48+,68?/m0/s1. The van der Waals surface area contributed by atoms with Gasteiger partial charge in [0.05, 0.1) is 52.6 Å². The molecule has 0 aliphatic carbocycles. The highest BCUT2D eigenvalue weighted by Crippen LogP contribution is 2.51. The van der Waals surface area contributed by atoms with E-state index in [0.717, 1.165) is 16.7 Å². The zero-order valence-electron chi connectivity index (χ0n) is 39.9. The van der Waals surface area contributed by atoms with Crippen molar-refractivity contribution >= 4 is 14.5 Å². The molecule has 2 heterocycles. The zero-order valence-corrected chi connectivity index (χ0v) is 40.8. The maximum Gasteiger partial charge on any atom is 0.352 e. The fourth-order valence-electron chi connectivity index (χ4n) is 8.01. The lowest BCUT2D eigenvalue weighted by atomic mass is 9.80. The number of carbonyl (C=O) groups is 1. The van der Waals surface area contributed by atoms with Crippen LogP contribution in [0.1, 0.15) is 81.9 Å². The smallest absolute Gasteiger partial charge is 0.352 e. The molecular weight excluding hydrogens is 888 g/mol. The van der Waals surface area contributed by atoms with Crippen LogP contribution in [0.4, 0.5) is 0 Å². The number of hydrogen-bond donors (Lipinski definition) is 0. The van der Waals surface area contributed by atoms with E-state index in [1.54, 1.807) is 44.7 Å². The molecule has 0 spiro atoms. The summed E-state index contributed by atoms with van der Waals surface area (Å²) in [6.45, 7) is 10.8. The number of para-hydroxylation sites is 1. The molecule has 1 fully saturated rings. The van der Waals surface area contributed by atoms with Gasteiger partial charge in [-0.25, -0.2) is 14.3 Å². The monoisotopic (exact) mass is 950 g/mol. The molecule has 0 amide bonds. The average Bonchev–Trinajstić information content (AvgIpc) is 3.74. The van der Waals surface area contributed by atoms with Gasteiger partial charge in [0.1, 0.15) is 41.8 Å². The van der Waals surface area contributed by atoms with Crippen molar-refractivity contribution in [3.05, 3.63) is 148 Å². The van der Waals surface area contributed by atoms with Crippen LogP contribution in [0.2, 0.25) is 0 Å². The van der Waals surface area contributed by atoms with Crippen LogP contribution in [0, 0.1) is 18.3 Å². The molecule has 4 aromatic carbocycles. The molecule has 0 radical (unpaired) electrons. The summed E-state index contributed by atoms with van der Waals surface area (Å²) in [5.74, 6) is 1.59. The first kappa shape index (κ1) is 51.7. The summed E-state index contributed by atoms with van der Waals surface area (Å²) in [5, 5.41) is 9.43. The molecule has 4 atom stereocenters. The molecule has 1 unspecified atom stereocenters. The summed E-state index contributed by atoms with van der Waals surface area (Å²) < 4.78 is 59.0. The molecule has 5 aromatic rings. The van der Waals surface area contributed by atoms with E-state index >= 15 is 0 Å². The molecule has 0 saturated carbocycles. The Bertz CT molecular complexity index is 2360. The van der Waals surface area contributed by atoms with Crippen molar-refractivity contribution in [1.29, 1.82) is 5.26 Å². The van der Waals surface area contributed by atoms with E-state index in [4.69, 9.17) is 42.2 Å². The van der Waals surface area contributed by atoms with Gasteiger partial charge in [0.2, 0.25) is 5.88 Å². The molecule has 1 aromatic heterocycles. The molecule has 362 valence electrons. The second-order valence-electron chi connectivity index (χ2n) is 16.7. The Morgan fingerprint density at radius 2 is 1.43 bits per heavy atom. The third kappa shape index (κ3) is 13.5. The van der Waals surface area contributed by atoms with Crippen LogP contribution < -0.4 is 24.6 Å². The van der Waals surface area contributed by atoms with E-state index in [0.29, 0.717) is 42.3 Å². The highest BCUT2D eigenvalue weighted by Gasteiger charge is 2.45. The van der Waals surface area contributed by atoms with Crippen LogP contribution in [0.15, 0.2) is 120 Å². The molecule has 16 heteroatoms. The number of nitrogens with zero attached hydrogens (tertiary/aromatic N) is 4. The van der Waals surface area contributed by atoms with Gasteiger partial charge in [-0.1, -0.05) is 72.8 Å². The first-order valence-corrected chi connectivity index (χ1v) is 24.1. The van der Waals surface area contributed by atoms with Crippen LogP contribution in [-0.4, -0.2) is 91.7 Å². The first-order chi connectivity index (χ1) is 33.0. The number of rotatable bonds is 26. The number of nitriles is 1. The Labute approximate surface area is 400 Å². The topological polar surface area (TPSA) is 162 Å². The summed E-state index contributed by atoms with van der Waals surface area (Å²) in [7, 11) is 1.56. The zero-order chi connectivity index (χ0) is 48.5. The largest absolute Gasteiger partial charge is 0.497 e. The van der Waals surface area contributed by atoms with Crippen molar-refractivity contribution in [3.63, 3.8) is 0 Å². The minimum atomic E-state index is -1.70. The summed E-state index contributed by atoms with van der Waals surface area (Å²) in [4.78, 5) is 30.3. The number of unbranched alkanes of at least 4 members (excludes halogenated alkanes) is 1. The van der Waals surface area contributed by atoms with Crippen molar-refractivity contribution in [2.24, 2.45) is 0 Å². The van der Waals surface area contributed by atoms with Gasteiger partial charge in [0.25, 0.3) is 8.53 Å². The quantitative estimate of drug-likeness (QED) is 0.0169. The lowest BCUT2D eigenvalue weighted by Crippen LogP contribution is -2.39. The number of esters is 1. The average molecular weight is 951 g/mol. The number of carbonyl (C=O) groups excluding carboxylic acids is 1. The van der Waals surface area contributed by atoms with E-state index in [1.807, 2.05) is 91.9 Å². The maximum absolute atomic E-state index is 13.9. The Morgan fingerprint density at radius 3 is 2.01 bits per heavy atom. The summed E-state index contributed by atoms with van der Waals surface area (Å²) in [5.41, 5.74) is 1.49. The summed E-state index contributed by atoms with van der Waals surface area (Å²) >= 11 is 0. The molecule has 6 rings (SSSR count). The van der Waals surface area contributed by atoms with Crippen LogP contribution in [0.25, 0.3) is 0 Å². The Balaban J connectivity index is 1.25. The fraction of sp³-hybridized carbons (Fsp3) is 0.423. The van der Waals surface area contributed by atoms with E-state index in [2.05, 4.69) is 43.4 Å². The second kappa shape index (κ2) is 25.6. The Hall–Kier alpha value is -5.69. The Morgan fingerprint density at radius 1 is 0.838 bits per heavy atom. The normalized spacial score (nSPS) is 16.5. The summed E-state index contributed by atoms with van der Waals surface area (Å²) in [6, 6.07) is 36.7. The molecule has 1 aliphatic rings. The highest BCUT2D eigenvalue weighted by molar-refractivity contribution is 7.44. The third-order valence-electron chi connectivity index (χ3n) is 11.2. The molecule has 68 heavy (non-hydrogen) atoms. The molecular formula is C52H63N4O11P. The number of hydrogen-bond acceptors (Lipinski definition) is 14. The third-order valence-corrected chi connectivity index (χ3v) is 13.4. The number of methoxy groups -OCH3 is 2. The van der Waals surface area contributed by atoms with Crippen molar-refractivity contribution in [2.75, 3.05) is 47.3 Å². The SMILES string of the molecule is COc1ccc(C(OC[C@H]2O[C@@H](n3cc(C)c(OCCCCOCC(=O)Oc4ccccc4)nc3=O)C[C@@H]2OP(OCCC#N)N(C(C)C)C(C)C)(c2ccccc2)c2ccc(OC)cc2)cc1. The van der Waals surface area contributed by atoms with E-state index in [-0.39, 0.29) is 57.2 Å². The van der Waals surface area contributed by atoms with Crippen LogP contribution in [0.5, 0.6) is 23.1 Å². The van der Waals surface area contributed by atoms with Crippen molar-refractivity contribution in [2.45, 2.75) is 96.4 Å². The van der Waals surface area contributed by atoms with Gasteiger partial charge in [-0.15, -0.1) is 0 Å². The van der Waals surface area contributed by atoms with Gasteiger partial charge in [-0.2, -0.15) is 10.2 Å². The first-order valence-electron chi connectivity index (χ1n) is 22.9. The number of aromatic nitrogens is 2. The molecule has 1 aliphatic heterocycles. The van der Waals surface area contributed by atoms with Crippen LogP contribution >= 0.6 is 8.53 Å². The maximum atomic E-state index is 13.9.